The van der Waals surface area contributed by atoms with Crippen molar-refractivity contribution in [3.8, 4) is 0 Å². The Balaban J connectivity index is 2.74. The number of rotatable bonds is 5. The smallest absolute Gasteiger partial charge is 0.219 e. The number of hydrogen-bond donors (Lipinski definition) is 1. The van der Waals surface area contributed by atoms with Crippen molar-refractivity contribution >= 4 is 11.6 Å². The number of carbonyl (C=O) groups excluding carboxylic acids is 1. The zero-order valence-corrected chi connectivity index (χ0v) is 8.74. The number of primary amides is 1. The van der Waals surface area contributed by atoms with Gasteiger partial charge in [-0.3, -0.25) is 4.79 Å². The summed E-state index contributed by atoms with van der Waals surface area (Å²) in [5, 5.41) is 0. The second-order valence-corrected chi connectivity index (χ2v) is 3.25. The highest BCUT2D eigenvalue weighted by atomic mass is 19.1. The molecule has 0 fully saturated rings. The molecule has 1 aromatic rings. The lowest BCUT2D eigenvalue weighted by molar-refractivity contribution is -0.117. The third-order valence-electron chi connectivity index (χ3n) is 2.20. The van der Waals surface area contributed by atoms with Crippen LogP contribution in [0.4, 0.5) is 10.1 Å². The summed E-state index contributed by atoms with van der Waals surface area (Å²) in [6, 6.07) is 6.51. The van der Waals surface area contributed by atoms with Gasteiger partial charge in [0.05, 0.1) is 5.69 Å². The molecule has 0 aliphatic rings. The third kappa shape index (κ3) is 3.23. The summed E-state index contributed by atoms with van der Waals surface area (Å²) in [6.45, 7) is 3.01. The van der Waals surface area contributed by atoms with Crippen LogP contribution in [0.2, 0.25) is 0 Å². The number of amides is 1. The molecule has 0 aliphatic carbocycles. The molecule has 2 N–H and O–H groups in total. The SMILES string of the molecule is CCN(CCC(N)=O)c1ccccc1F. The highest BCUT2D eigenvalue weighted by Gasteiger charge is 2.09. The van der Waals surface area contributed by atoms with E-state index in [9.17, 15) is 9.18 Å². The molecular formula is C11H15FN2O. The Morgan fingerprint density at radius 1 is 1.47 bits per heavy atom. The van der Waals surface area contributed by atoms with Gasteiger partial charge >= 0.3 is 0 Å². The van der Waals surface area contributed by atoms with E-state index in [-0.39, 0.29) is 18.1 Å². The predicted molar refractivity (Wildman–Crippen MR) is 58.1 cm³/mol. The van der Waals surface area contributed by atoms with E-state index in [0.29, 0.717) is 18.8 Å². The Bertz CT molecular complexity index is 341. The van der Waals surface area contributed by atoms with Crippen LogP contribution in [0.15, 0.2) is 24.3 Å². The second-order valence-electron chi connectivity index (χ2n) is 3.25. The van der Waals surface area contributed by atoms with E-state index in [2.05, 4.69) is 0 Å². The molecule has 3 nitrogen and oxygen atoms in total. The van der Waals surface area contributed by atoms with Gasteiger partial charge in [0.1, 0.15) is 5.82 Å². The van der Waals surface area contributed by atoms with Crippen LogP contribution >= 0.6 is 0 Å². The Hall–Kier alpha value is -1.58. The maximum absolute atomic E-state index is 13.4. The van der Waals surface area contributed by atoms with Gasteiger partial charge in [-0.2, -0.15) is 0 Å². The molecule has 82 valence electrons. The van der Waals surface area contributed by atoms with E-state index in [1.807, 2.05) is 6.92 Å². The molecular weight excluding hydrogens is 195 g/mol. The molecule has 0 bridgehead atoms. The van der Waals surface area contributed by atoms with Crippen LogP contribution < -0.4 is 10.6 Å². The zero-order valence-electron chi connectivity index (χ0n) is 8.74. The molecule has 0 saturated heterocycles. The topological polar surface area (TPSA) is 46.3 Å². The lowest BCUT2D eigenvalue weighted by atomic mass is 10.2. The van der Waals surface area contributed by atoms with Crippen molar-refractivity contribution in [2.75, 3.05) is 18.0 Å². The predicted octanol–water partition coefficient (Wildman–Crippen LogP) is 1.53. The van der Waals surface area contributed by atoms with Crippen molar-refractivity contribution in [2.24, 2.45) is 5.73 Å². The highest BCUT2D eigenvalue weighted by Crippen LogP contribution is 2.18. The summed E-state index contributed by atoms with van der Waals surface area (Å²) < 4.78 is 13.4. The first kappa shape index (κ1) is 11.5. The van der Waals surface area contributed by atoms with E-state index >= 15 is 0 Å². The number of anilines is 1. The van der Waals surface area contributed by atoms with Gasteiger partial charge < -0.3 is 10.6 Å². The van der Waals surface area contributed by atoms with Crippen LogP contribution in [0.1, 0.15) is 13.3 Å². The van der Waals surface area contributed by atoms with Gasteiger partial charge in [0.25, 0.3) is 0 Å². The van der Waals surface area contributed by atoms with Gasteiger partial charge in [0.2, 0.25) is 5.91 Å². The average Bonchev–Trinajstić information content (AvgIpc) is 2.21. The molecule has 1 amide bonds. The van der Waals surface area contributed by atoms with Crippen LogP contribution in [0, 0.1) is 5.82 Å². The fourth-order valence-electron chi connectivity index (χ4n) is 1.40. The third-order valence-corrected chi connectivity index (χ3v) is 2.20. The largest absolute Gasteiger partial charge is 0.370 e. The van der Waals surface area contributed by atoms with Crippen molar-refractivity contribution in [3.63, 3.8) is 0 Å². The van der Waals surface area contributed by atoms with Crippen molar-refractivity contribution in [1.82, 2.24) is 0 Å². The molecule has 0 atom stereocenters. The Morgan fingerprint density at radius 3 is 2.67 bits per heavy atom. The summed E-state index contributed by atoms with van der Waals surface area (Å²) in [5.41, 5.74) is 5.57. The minimum atomic E-state index is -0.371. The van der Waals surface area contributed by atoms with E-state index in [0.717, 1.165) is 0 Å². The van der Waals surface area contributed by atoms with E-state index < -0.39 is 0 Å². The van der Waals surface area contributed by atoms with Gasteiger partial charge in [-0.25, -0.2) is 4.39 Å². The monoisotopic (exact) mass is 210 g/mol. The van der Waals surface area contributed by atoms with E-state index in [1.165, 1.54) is 6.07 Å². The van der Waals surface area contributed by atoms with Gasteiger partial charge in [-0.15, -0.1) is 0 Å². The molecule has 1 aromatic carbocycles. The van der Waals surface area contributed by atoms with Gasteiger partial charge in [-0.05, 0) is 19.1 Å². The molecule has 15 heavy (non-hydrogen) atoms. The molecule has 0 heterocycles. The first-order valence-electron chi connectivity index (χ1n) is 4.93. The second kappa shape index (κ2) is 5.34. The number of halogens is 1. The van der Waals surface area contributed by atoms with E-state index in [4.69, 9.17) is 5.73 Å². The molecule has 0 spiro atoms. The lowest BCUT2D eigenvalue weighted by Crippen LogP contribution is -2.28. The maximum Gasteiger partial charge on any atom is 0.219 e. The molecule has 1 rings (SSSR count). The summed E-state index contributed by atoms with van der Waals surface area (Å²) in [7, 11) is 0. The number of benzene rings is 1. The Morgan fingerprint density at radius 2 is 2.13 bits per heavy atom. The normalized spacial score (nSPS) is 10.0. The van der Waals surface area contributed by atoms with Crippen LogP contribution in [-0.2, 0) is 4.79 Å². The number of carbonyl (C=O) groups is 1. The Labute approximate surface area is 88.7 Å². The van der Waals surface area contributed by atoms with Crippen molar-refractivity contribution in [1.29, 1.82) is 0 Å². The number of nitrogens with zero attached hydrogens (tertiary/aromatic N) is 1. The summed E-state index contributed by atoms with van der Waals surface area (Å²) in [5.74, 6) is -0.645. The van der Waals surface area contributed by atoms with Crippen LogP contribution in [0.3, 0.4) is 0 Å². The number of hydrogen-bond acceptors (Lipinski definition) is 2. The standard InChI is InChI=1S/C11H15FN2O/c1-2-14(8-7-11(13)15)10-6-4-3-5-9(10)12/h3-6H,2,7-8H2,1H3,(H2,13,15). The molecule has 0 aliphatic heterocycles. The van der Waals surface area contributed by atoms with Crippen LogP contribution in [-0.4, -0.2) is 19.0 Å². The fraction of sp³-hybridized carbons (Fsp3) is 0.364. The minimum absolute atomic E-state index is 0.238. The maximum atomic E-state index is 13.4. The van der Waals surface area contributed by atoms with Gasteiger partial charge in [-0.1, -0.05) is 12.1 Å². The molecule has 0 radical (unpaired) electrons. The lowest BCUT2D eigenvalue weighted by Gasteiger charge is -2.22. The molecule has 4 heteroatoms. The average molecular weight is 210 g/mol. The zero-order chi connectivity index (χ0) is 11.3. The molecule has 0 unspecified atom stereocenters. The van der Waals surface area contributed by atoms with Crippen LogP contribution in [0.5, 0.6) is 0 Å². The number of para-hydroxylation sites is 1. The molecule has 0 aromatic heterocycles. The quantitative estimate of drug-likeness (QED) is 0.801. The van der Waals surface area contributed by atoms with Crippen molar-refractivity contribution < 1.29 is 9.18 Å². The first-order valence-corrected chi connectivity index (χ1v) is 4.93. The van der Waals surface area contributed by atoms with Gasteiger partial charge in [0.15, 0.2) is 0 Å². The highest BCUT2D eigenvalue weighted by molar-refractivity contribution is 5.74. The van der Waals surface area contributed by atoms with E-state index in [1.54, 1.807) is 23.1 Å². The summed E-state index contributed by atoms with van der Waals surface area (Å²) in [6.07, 6.45) is 0.238. The summed E-state index contributed by atoms with van der Waals surface area (Å²) in [4.78, 5) is 12.4. The number of nitrogens with two attached hydrogens (primary N) is 1. The first-order chi connectivity index (χ1) is 7.15. The van der Waals surface area contributed by atoms with Gasteiger partial charge in [0, 0.05) is 19.5 Å². The summed E-state index contributed by atoms with van der Waals surface area (Å²) >= 11 is 0. The van der Waals surface area contributed by atoms with Crippen molar-refractivity contribution in [2.45, 2.75) is 13.3 Å². The fourth-order valence-corrected chi connectivity index (χ4v) is 1.40. The Kier molecular flexibility index (Phi) is 4.09. The minimum Gasteiger partial charge on any atom is -0.370 e. The van der Waals surface area contributed by atoms with Crippen LogP contribution in [0.25, 0.3) is 0 Å². The van der Waals surface area contributed by atoms with Crippen molar-refractivity contribution in [3.05, 3.63) is 30.1 Å². The molecule has 0 saturated carbocycles.